The highest BCUT2D eigenvalue weighted by Gasteiger charge is 2.39. The molecule has 1 aromatic rings. The van der Waals surface area contributed by atoms with Gasteiger partial charge in [0, 0.05) is 19.0 Å². The number of amides is 2. The maximum absolute atomic E-state index is 11.9. The van der Waals surface area contributed by atoms with Crippen molar-refractivity contribution in [3.05, 3.63) is 35.9 Å². The van der Waals surface area contributed by atoms with Gasteiger partial charge in [-0.15, -0.1) is 0 Å². The quantitative estimate of drug-likeness (QED) is 0.879. The summed E-state index contributed by atoms with van der Waals surface area (Å²) >= 11 is 0. The van der Waals surface area contributed by atoms with Crippen LogP contribution in [0.15, 0.2) is 30.3 Å². The van der Waals surface area contributed by atoms with Gasteiger partial charge >= 0.3 is 0 Å². The normalized spacial score (nSPS) is 22.6. The van der Waals surface area contributed by atoms with E-state index in [4.69, 9.17) is 0 Å². The van der Waals surface area contributed by atoms with Crippen LogP contribution in [-0.4, -0.2) is 35.3 Å². The molecule has 4 heteroatoms. The van der Waals surface area contributed by atoms with Crippen molar-refractivity contribution in [1.82, 2.24) is 10.2 Å². The average molecular weight is 258 g/mol. The first kappa shape index (κ1) is 12.2. The molecule has 0 radical (unpaired) electrons. The first-order valence-electron chi connectivity index (χ1n) is 6.85. The molecule has 1 N–H and O–H groups in total. The topological polar surface area (TPSA) is 49.4 Å². The third-order valence-electron chi connectivity index (χ3n) is 3.72. The SMILES string of the molecule is O=C(Cc1ccccc1)NC1CC(=O)N(C2CC2)C1. The number of rotatable bonds is 4. The second-order valence-corrected chi connectivity index (χ2v) is 5.41. The molecule has 100 valence electrons. The number of likely N-dealkylation sites (tertiary alicyclic amines) is 1. The highest BCUT2D eigenvalue weighted by molar-refractivity contribution is 5.83. The Hall–Kier alpha value is -1.84. The Balaban J connectivity index is 1.51. The molecule has 1 heterocycles. The molecule has 1 unspecified atom stereocenters. The zero-order chi connectivity index (χ0) is 13.2. The number of benzene rings is 1. The minimum atomic E-state index is -0.00990. The van der Waals surface area contributed by atoms with Crippen LogP contribution in [0.25, 0.3) is 0 Å². The molecular formula is C15H18N2O2. The molecule has 19 heavy (non-hydrogen) atoms. The molecule has 2 amide bonds. The van der Waals surface area contributed by atoms with Gasteiger partial charge < -0.3 is 10.2 Å². The fourth-order valence-electron chi connectivity index (χ4n) is 2.63. The van der Waals surface area contributed by atoms with Crippen molar-refractivity contribution in [1.29, 1.82) is 0 Å². The lowest BCUT2D eigenvalue weighted by Crippen LogP contribution is -2.38. The Morgan fingerprint density at radius 3 is 2.68 bits per heavy atom. The van der Waals surface area contributed by atoms with E-state index in [2.05, 4.69) is 5.32 Å². The second kappa shape index (κ2) is 5.03. The lowest BCUT2D eigenvalue weighted by molar-refractivity contribution is -0.128. The maximum atomic E-state index is 11.9. The maximum Gasteiger partial charge on any atom is 0.225 e. The van der Waals surface area contributed by atoms with Gasteiger partial charge in [-0.2, -0.15) is 0 Å². The highest BCUT2D eigenvalue weighted by atomic mass is 16.2. The molecule has 0 aromatic heterocycles. The molecule has 0 bridgehead atoms. The lowest BCUT2D eigenvalue weighted by atomic mass is 10.1. The zero-order valence-corrected chi connectivity index (χ0v) is 10.8. The molecule has 1 aliphatic heterocycles. The van der Waals surface area contributed by atoms with Crippen LogP contribution in [0, 0.1) is 0 Å². The van der Waals surface area contributed by atoms with E-state index in [1.165, 1.54) is 0 Å². The highest BCUT2D eigenvalue weighted by Crippen LogP contribution is 2.30. The lowest BCUT2D eigenvalue weighted by Gasteiger charge is -2.16. The van der Waals surface area contributed by atoms with E-state index in [9.17, 15) is 9.59 Å². The molecule has 2 aliphatic rings. The van der Waals surface area contributed by atoms with Crippen molar-refractivity contribution in [2.45, 2.75) is 37.8 Å². The van der Waals surface area contributed by atoms with Crippen molar-refractivity contribution in [3.8, 4) is 0 Å². The van der Waals surface area contributed by atoms with E-state index in [1.54, 1.807) is 0 Å². The second-order valence-electron chi connectivity index (χ2n) is 5.41. The summed E-state index contributed by atoms with van der Waals surface area (Å²) in [6, 6.07) is 10.1. The van der Waals surface area contributed by atoms with Crippen molar-refractivity contribution in [2.75, 3.05) is 6.54 Å². The van der Waals surface area contributed by atoms with Crippen molar-refractivity contribution in [3.63, 3.8) is 0 Å². The molecule has 1 saturated carbocycles. The zero-order valence-electron chi connectivity index (χ0n) is 10.8. The van der Waals surface area contributed by atoms with E-state index in [-0.39, 0.29) is 17.9 Å². The summed E-state index contributed by atoms with van der Waals surface area (Å²) in [5, 5.41) is 2.97. The molecule has 4 nitrogen and oxygen atoms in total. The van der Waals surface area contributed by atoms with E-state index >= 15 is 0 Å². The summed E-state index contributed by atoms with van der Waals surface area (Å²) in [6.45, 7) is 0.685. The minimum absolute atomic E-state index is 0.00152. The van der Waals surface area contributed by atoms with Crippen molar-refractivity contribution >= 4 is 11.8 Å². The van der Waals surface area contributed by atoms with Gasteiger partial charge in [0.25, 0.3) is 0 Å². The summed E-state index contributed by atoms with van der Waals surface area (Å²) in [4.78, 5) is 25.6. The van der Waals surface area contributed by atoms with Crippen LogP contribution in [0.4, 0.5) is 0 Å². The Labute approximate surface area is 112 Å². The summed E-state index contributed by atoms with van der Waals surface area (Å²) in [5.41, 5.74) is 1.00. The monoisotopic (exact) mass is 258 g/mol. The number of nitrogens with one attached hydrogen (secondary N) is 1. The molecule has 1 saturated heterocycles. The Kier molecular flexibility index (Phi) is 3.23. The number of carbonyl (C=O) groups is 2. The standard InChI is InChI=1S/C15H18N2O2/c18-14(8-11-4-2-1-3-5-11)16-12-9-15(19)17(10-12)13-6-7-13/h1-5,12-13H,6-10H2,(H,16,18). The Bertz CT molecular complexity index is 482. The summed E-state index contributed by atoms with van der Waals surface area (Å²) < 4.78 is 0. The third-order valence-corrected chi connectivity index (χ3v) is 3.72. The van der Waals surface area contributed by atoms with Crippen LogP contribution in [0.5, 0.6) is 0 Å². The van der Waals surface area contributed by atoms with Crippen molar-refractivity contribution in [2.24, 2.45) is 0 Å². The van der Waals surface area contributed by atoms with Crippen LogP contribution in [0.1, 0.15) is 24.8 Å². The number of carbonyl (C=O) groups excluding carboxylic acids is 2. The van der Waals surface area contributed by atoms with Crippen LogP contribution >= 0.6 is 0 Å². The van der Waals surface area contributed by atoms with E-state index in [1.807, 2.05) is 35.2 Å². The summed E-state index contributed by atoms with van der Waals surface area (Å²) in [5.74, 6) is 0.189. The van der Waals surface area contributed by atoms with Gasteiger partial charge in [0.1, 0.15) is 0 Å². The Morgan fingerprint density at radius 1 is 1.26 bits per heavy atom. The van der Waals surface area contributed by atoms with Gasteiger partial charge in [0.05, 0.1) is 12.5 Å². The molecular weight excluding hydrogens is 240 g/mol. The van der Waals surface area contributed by atoms with Crippen molar-refractivity contribution < 1.29 is 9.59 Å². The smallest absolute Gasteiger partial charge is 0.225 e. The number of hydrogen-bond acceptors (Lipinski definition) is 2. The van der Waals surface area contributed by atoms with Crippen LogP contribution < -0.4 is 5.32 Å². The van der Waals surface area contributed by atoms with Crippen LogP contribution in [0.3, 0.4) is 0 Å². The van der Waals surface area contributed by atoms with E-state index in [0.29, 0.717) is 25.4 Å². The van der Waals surface area contributed by atoms with Gasteiger partial charge in [-0.25, -0.2) is 0 Å². The number of hydrogen-bond donors (Lipinski definition) is 1. The summed E-state index contributed by atoms with van der Waals surface area (Å²) in [6.07, 6.45) is 3.08. The minimum Gasteiger partial charge on any atom is -0.351 e. The van der Waals surface area contributed by atoms with Gasteiger partial charge in [-0.3, -0.25) is 9.59 Å². The molecule has 3 rings (SSSR count). The van der Waals surface area contributed by atoms with Gasteiger partial charge in [0.2, 0.25) is 11.8 Å². The average Bonchev–Trinajstić information content (AvgIpc) is 3.15. The molecule has 1 aromatic carbocycles. The summed E-state index contributed by atoms with van der Waals surface area (Å²) in [7, 11) is 0. The number of nitrogens with zero attached hydrogens (tertiary/aromatic N) is 1. The van der Waals surface area contributed by atoms with Gasteiger partial charge in [0.15, 0.2) is 0 Å². The molecule has 2 fully saturated rings. The van der Waals surface area contributed by atoms with E-state index < -0.39 is 0 Å². The predicted octanol–water partition coefficient (Wildman–Crippen LogP) is 1.11. The fraction of sp³-hybridized carbons (Fsp3) is 0.467. The van der Waals surface area contributed by atoms with Gasteiger partial charge in [-0.1, -0.05) is 30.3 Å². The Morgan fingerprint density at radius 2 is 2.00 bits per heavy atom. The molecule has 0 spiro atoms. The van der Waals surface area contributed by atoms with Crippen LogP contribution in [0.2, 0.25) is 0 Å². The van der Waals surface area contributed by atoms with E-state index in [0.717, 1.165) is 18.4 Å². The predicted molar refractivity (Wildman–Crippen MR) is 71.4 cm³/mol. The largest absolute Gasteiger partial charge is 0.351 e. The first-order valence-corrected chi connectivity index (χ1v) is 6.85. The third kappa shape index (κ3) is 2.95. The molecule has 1 atom stereocenters. The first-order chi connectivity index (χ1) is 9.22. The van der Waals surface area contributed by atoms with Gasteiger partial charge in [-0.05, 0) is 18.4 Å². The van der Waals surface area contributed by atoms with Crippen LogP contribution in [-0.2, 0) is 16.0 Å². The molecule has 1 aliphatic carbocycles. The fourth-order valence-corrected chi connectivity index (χ4v) is 2.63.